The molecule has 4 rings (SSSR count). The molecule has 0 heterocycles. The average molecular weight is 730 g/mol. The number of unbranched alkanes of at least 4 members (excludes halogenated alkanes) is 2. The van der Waals surface area contributed by atoms with E-state index in [1.54, 1.807) is 0 Å². The molecule has 0 spiro atoms. The zero-order valence-electron chi connectivity index (χ0n) is 34.1. The Hall–Kier alpha value is -2.29. The molecule has 0 bridgehead atoms. The van der Waals surface area contributed by atoms with Crippen LogP contribution in [0.4, 0.5) is 9.59 Å². The Bertz CT molecular complexity index is 1250. The Labute approximate surface area is 315 Å². The molecule has 9 heteroatoms. The summed E-state index contributed by atoms with van der Waals surface area (Å²) in [5, 5.41) is 32.7. The molecule has 0 aromatic rings. The highest BCUT2D eigenvalue weighted by atomic mass is 16.4. The SMILES string of the molecule is CC(C)CCC[C@@H](C)[C@H]1CC[C@H]2[C@@H]3CC=C4C[C@@H](N(C(=O)O)C(CCCCN(C(=O)O)C(C)(C)C)C(=O)NCCCCO)CC[C@]4(C)[C@H]3CC[C@]12C. The first-order valence-corrected chi connectivity index (χ1v) is 21.1. The predicted octanol–water partition coefficient (Wildman–Crippen LogP) is 9.58. The van der Waals surface area contributed by atoms with Gasteiger partial charge < -0.3 is 25.5 Å². The van der Waals surface area contributed by atoms with Crippen LogP contribution < -0.4 is 5.32 Å². The molecule has 52 heavy (non-hydrogen) atoms. The van der Waals surface area contributed by atoms with Gasteiger partial charge in [-0.05, 0) is 151 Å². The number of carboxylic acid groups (broad SMARTS) is 2. The van der Waals surface area contributed by atoms with Crippen LogP contribution in [0.15, 0.2) is 11.6 Å². The van der Waals surface area contributed by atoms with E-state index in [4.69, 9.17) is 0 Å². The summed E-state index contributed by atoms with van der Waals surface area (Å²) in [6.07, 6.45) is 15.8. The van der Waals surface area contributed by atoms with E-state index in [2.05, 4.69) is 46.0 Å². The summed E-state index contributed by atoms with van der Waals surface area (Å²) in [6, 6.07) is -1.12. The molecule has 0 aromatic heterocycles. The van der Waals surface area contributed by atoms with Crippen molar-refractivity contribution in [3.63, 3.8) is 0 Å². The van der Waals surface area contributed by atoms with E-state index in [-0.39, 0.29) is 24.0 Å². The van der Waals surface area contributed by atoms with Gasteiger partial charge in [0.2, 0.25) is 5.91 Å². The van der Waals surface area contributed by atoms with E-state index in [0.29, 0.717) is 68.9 Å². The van der Waals surface area contributed by atoms with Crippen LogP contribution in [-0.2, 0) is 4.79 Å². The number of rotatable bonds is 17. The molecule has 4 aliphatic carbocycles. The summed E-state index contributed by atoms with van der Waals surface area (Å²) < 4.78 is 0. The highest BCUT2D eigenvalue weighted by molar-refractivity contribution is 5.85. The molecular formula is C43H75N3O6. The molecule has 1 unspecified atom stereocenters. The first kappa shape index (κ1) is 42.5. The molecule has 9 atom stereocenters. The Kier molecular flexibility index (Phi) is 14.6. The number of hydrogen-bond donors (Lipinski definition) is 4. The minimum absolute atomic E-state index is 0.0460. The maximum absolute atomic E-state index is 13.7. The molecule has 0 radical (unpaired) electrons. The lowest BCUT2D eigenvalue weighted by Crippen LogP contribution is -2.57. The zero-order chi connectivity index (χ0) is 38.4. The summed E-state index contributed by atoms with van der Waals surface area (Å²) >= 11 is 0. The lowest BCUT2D eigenvalue weighted by molar-refractivity contribution is -0.127. The summed E-state index contributed by atoms with van der Waals surface area (Å²) in [7, 11) is 0. The van der Waals surface area contributed by atoms with Crippen molar-refractivity contribution in [2.45, 2.75) is 176 Å². The third kappa shape index (κ3) is 9.49. The van der Waals surface area contributed by atoms with Crippen LogP contribution in [0.3, 0.4) is 0 Å². The minimum Gasteiger partial charge on any atom is -0.465 e. The topological polar surface area (TPSA) is 130 Å². The van der Waals surface area contributed by atoms with Crippen LogP contribution in [0.1, 0.15) is 158 Å². The normalized spacial score (nSPS) is 31.1. The maximum atomic E-state index is 13.7. The van der Waals surface area contributed by atoms with Gasteiger partial charge in [-0.2, -0.15) is 0 Å². The van der Waals surface area contributed by atoms with E-state index < -0.39 is 23.8 Å². The van der Waals surface area contributed by atoms with E-state index in [1.807, 2.05) is 20.8 Å². The second kappa shape index (κ2) is 17.9. The number of aliphatic hydroxyl groups is 1. The standard InChI is InChI=1S/C43H75N3O6/c1-29(2)14-13-15-30(3)34-19-20-35-33-18-17-31-28-32(21-23-42(31,7)36(33)22-24-43(34,35)8)46(40(51)52)37(38(48)44-25-10-12-27-47)16-9-11-26-45(39(49)50)41(4,5)6/h17,29-30,32-37,47H,9-16,18-28H2,1-8H3,(H,44,48)(H,49,50)(H,51,52)/t30-,32+,33+,34-,35+,36+,37?,42+,43-/m1/s1. The van der Waals surface area contributed by atoms with Gasteiger partial charge in [-0.25, -0.2) is 9.59 Å². The number of carbonyl (C=O) groups excluding carboxylic acids is 1. The van der Waals surface area contributed by atoms with Crippen LogP contribution in [0.5, 0.6) is 0 Å². The highest BCUT2D eigenvalue weighted by Crippen LogP contribution is 2.67. The number of allylic oxidation sites excluding steroid dienone is 1. The number of aliphatic hydroxyl groups excluding tert-OH is 1. The molecule has 0 aliphatic heterocycles. The molecule has 3 fully saturated rings. The van der Waals surface area contributed by atoms with Gasteiger partial charge in [-0.1, -0.05) is 65.5 Å². The summed E-state index contributed by atoms with van der Waals surface area (Å²) in [4.78, 5) is 41.6. The molecule has 3 saturated carbocycles. The van der Waals surface area contributed by atoms with E-state index in [0.717, 1.165) is 42.9 Å². The lowest BCUT2D eigenvalue weighted by atomic mass is 9.46. The fourth-order valence-electron chi connectivity index (χ4n) is 11.7. The Morgan fingerprint density at radius 1 is 0.885 bits per heavy atom. The van der Waals surface area contributed by atoms with Crippen molar-refractivity contribution >= 4 is 18.1 Å². The molecule has 4 N–H and O–H groups in total. The second-order valence-electron chi connectivity index (χ2n) is 19.2. The van der Waals surface area contributed by atoms with Gasteiger partial charge in [0, 0.05) is 31.3 Å². The summed E-state index contributed by atoms with van der Waals surface area (Å²) in [5.74, 6) is 4.17. The second-order valence-corrected chi connectivity index (χ2v) is 19.2. The number of nitrogens with one attached hydrogen (secondary N) is 1. The fraction of sp³-hybridized carbons (Fsp3) is 0.884. The van der Waals surface area contributed by atoms with E-state index >= 15 is 0 Å². The van der Waals surface area contributed by atoms with E-state index in [1.165, 1.54) is 60.3 Å². The van der Waals surface area contributed by atoms with Gasteiger partial charge in [0.15, 0.2) is 0 Å². The van der Waals surface area contributed by atoms with Crippen molar-refractivity contribution in [3.8, 4) is 0 Å². The number of nitrogens with zero attached hydrogens (tertiary/aromatic N) is 2. The third-order valence-corrected chi connectivity index (χ3v) is 14.6. The van der Waals surface area contributed by atoms with Crippen molar-refractivity contribution < 1.29 is 29.7 Å². The summed E-state index contributed by atoms with van der Waals surface area (Å²) in [6.45, 7) is 18.6. The molecule has 0 saturated heterocycles. The zero-order valence-corrected chi connectivity index (χ0v) is 34.1. The largest absolute Gasteiger partial charge is 0.465 e. The number of amides is 3. The molecule has 0 aromatic carbocycles. The number of fused-ring (bicyclic) bond motifs is 5. The maximum Gasteiger partial charge on any atom is 0.408 e. The van der Waals surface area contributed by atoms with Crippen molar-refractivity contribution in [1.82, 2.24) is 15.1 Å². The van der Waals surface area contributed by atoms with E-state index in [9.17, 15) is 29.7 Å². The van der Waals surface area contributed by atoms with Gasteiger partial charge in [0.05, 0.1) is 0 Å². The van der Waals surface area contributed by atoms with Crippen LogP contribution in [0, 0.1) is 46.3 Å². The van der Waals surface area contributed by atoms with Gasteiger partial charge in [-0.15, -0.1) is 0 Å². The van der Waals surface area contributed by atoms with Gasteiger partial charge in [0.1, 0.15) is 6.04 Å². The van der Waals surface area contributed by atoms with Gasteiger partial charge in [-0.3, -0.25) is 9.69 Å². The van der Waals surface area contributed by atoms with Crippen molar-refractivity contribution in [2.24, 2.45) is 46.3 Å². The first-order chi connectivity index (χ1) is 24.5. The third-order valence-electron chi connectivity index (χ3n) is 14.6. The van der Waals surface area contributed by atoms with Gasteiger partial charge >= 0.3 is 12.2 Å². The van der Waals surface area contributed by atoms with Gasteiger partial charge in [0.25, 0.3) is 0 Å². The van der Waals surface area contributed by atoms with Crippen molar-refractivity contribution in [1.29, 1.82) is 0 Å². The van der Waals surface area contributed by atoms with Crippen LogP contribution in [0.25, 0.3) is 0 Å². The highest BCUT2D eigenvalue weighted by Gasteiger charge is 2.59. The lowest BCUT2D eigenvalue weighted by Gasteiger charge is -2.59. The predicted molar refractivity (Wildman–Crippen MR) is 208 cm³/mol. The van der Waals surface area contributed by atoms with Crippen molar-refractivity contribution in [3.05, 3.63) is 11.6 Å². The van der Waals surface area contributed by atoms with Crippen LogP contribution in [-0.4, -0.2) is 80.5 Å². The van der Waals surface area contributed by atoms with Crippen LogP contribution in [0.2, 0.25) is 0 Å². The number of carbonyl (C=O) groups is 3. The molecular weight excluding hydrogens is 654 g/mol. The fourth-order valence-corrected chi connectivity index (χ4v) is 11.7. The molecule has 298 valence electrons. The smallest absolute Gasteiger partial charge is 0.408 e. The molecule has 9 nitrogen and oxygen atoms in total. The monoisotopic (exact) mass is 730 g/mol. The average Bonchev–Trinajstić information content (AvgIpc) is 3.42. The van der Waals surface area contributed by atoms with Crippen LogP contribution >= 0.6 is 0 Å². The minimum atomic E-state index is -1.06. The molecule has 3 amide bonds. The Balaban J connectivity index is 1.48. The first-order valence-electron chi connectivity index (χ1n) is 21.1. The molecule has 4 aliphatic rings. The summed E-state index contributed by atoms with van der Waals surface area (Å²) in [5.41, 5.74) is 1.34. The Morgan fingerprint density at radius 3 is 2.25 bits per heavy atom. The Morgan fingerprint density at radius 2 is 1.62 bits per heavy atom. The van der Waals surface area contributed by atoms with Crippen molar-refractivity contribution in [2.75, 3.05) is 19.7 Å². The number of hydrogen-bond acceptors (Lipinski definition) is 4. The quantitative estimate of drug-likeness (QED) is 0.0872.